The minimum Gasteiger partial charge on any atom is -0.495 e. The molecule has 1 saturated carbocycles. The van der Waals surface area contributed by atoms with E-state index in [1.165, 1.54) is 31.5 Å². The molecule has 2 aliphatic rings. The molecular formula is C23H21F3N4O. The van der Waals surface area contributed by atoms with Crippen molar-refractivity contribution in [1.29, 1.82) is 0 Å². The molecule has 0 amide bonds. The minimum atomic E-state index is -1.07. The fraction of sp³-hybridized carbons (Fsp3) is 0.304. The zero-order valence-corrected chi connectivity index (χ0v) is 16.8. The number of allylic oxidation sites excluding steroid dienone is 2. The van der Waals surface area contributed by atoms with Crippen LogP contribution in [0.5, 0.6) is 5.75 Å². The van der Waals surface area contributed by atoms with Crippen LogP contribution < -0.4 is 15.8 Å². The number of rotatable bonds is 5. The lowest BCUT2D eigenvalue weighted by atomic mass is 9.72. The van der Waals surface area contributed by atoms with Crippen molar-refractivity contribution in [3.8, 4) is 5.75 Å². The third-order valence-corrected chi connectivity index (χ3v) is 6.36. The number of methoxy groups -OCH3 is 1. The van der Waals surface area contributed by atoms with Crippen LogP contribution in [0.3, 0.4) is 0 Å². The number of alkyl halides is 1. The largest absolute Gasteiger partial charge is 0.495 e. The van der Waals surface area contributed by atoms with Crippen LogP contribution in [0.25, 0.3) is 10.9 Å². The molecule has 5 rings (SSSR count). The van der Waals surface area contributed by atoms with Gasteiger partial charge in [-0.2, -0.15) is 0 Å². The summed E-state index contributed by atoms with van der Waals surface area (Å²) in [5, 5.41) is 3.32. The second-order valence-corrected chi connectivity index (χ2v) is 8.25. The summed E-state index contributed by atoms with van der Waals surface area (Å²) in [7, 11) is 1.47. The molecule has 0 saturated heterocycles. The van der Waals surface area contributed by atoms with E-state index < -0.39 is 23.7 Å². The molecule has 0 spiro atoms. The number of nitrogens with two attached hydrogens (primary N) is 1. The molecule has 3 atom stereocenters. The van der Waals surface area contributed by atoms with E-state index in [-0.39, 0.29) is 16.9 Å². The lowest BCUT2D eigenvalue weighted by molar-refractivity contribution is 0.296. The zero-order chi connectivity index (χ0) is 21.8. The van der Waals surface area contributed by atoms with Crippen LogP contribution in [-0.4, -0.2) is 23.8 Å². The van der Waals surface area contributed by atoms with E-state index >= 15 is 0 Å². The third-order valence-electron chi connectivity index (χ3n) is 6.36. The summed E-state index contributed by atoms with van der Waals surface area (Å²) in [5.41, 5.74) is 6.63. The van der Waals surface area contributed by atoms with Crippen molar-refractivity contribution in [2.24, 2.45) is 17.6 Å². The number of anilines is 2. The standard InChI is InChI=1S/C23H21F3N4O/c1-31-15-7-16-20(26)10-29-22(21(16)28-9-15)30-14-2-3-19(25)18(6-14)23(11-24)8-13(27)4-12-5-17(12)23/h2-3,6-10,12,17H,4-5,11,27H2,1H3,(H,29,30)/t12-,17+,23-/m1/s1. The van der Waals surface area contributed by atoms with Crippen molar-refractivity contribution in [3.63, 3.8) is 0 Å². The maximum Gasteiger partial charge on any atom is 0.157 e. The minimum absolute atomic E-state index is 0.0356. The zero-order valence-electron chi connectivity index (χ0n) is 16.8. The Labute approximate surface area is 177 Å². The van der Waals surface area contributed by atoms with Crippen LogP contribution >= 0.6 is 0 Å². The molecule has 3 aromatic rings. The maximum absolute atomic E-state index is 14.9. The van der Waals surface area contributed by atoms with E-state index in [4.69, 9.17) is 10.5 Å². The first kappa shape index (κ1) is 19.7. The van der Waals surface area contributed by atoms with Crippen LogP contribution in [0.2, 0.25) is 0 Å². The summed E-state index contributed by atoms with van der Waals surface area (Å²) in [6.07, 6.45) is 5.79. The lowest BCUT2D eigenvalue weighted by Crippen LogP contribution is -2.35. The third kappa shape index (κ3) is 3.17. The lowest BCUT2D eigenvalue weighted by Gasteiger charge is -2.33. The average Bonchev–Trinajstić information content (AvgIpc) is 3.56. The summed E-state index contributed by atoms with van der Waals surface area (Å²) in [6.45, 7) is -0.728. The highest BCUT2D eigenvalue weighted by Gasteiger charge is 2.56. The Morgan fingerprint density at radius 3 is 2.81 bits per heavy atom. The van der Waals surface area contributed by atoms with Gasteiger partial charge in [0.05, 0.1) is 19.5 Å². The topological polar surface area (TPSA) is 73.1 Å². The number of halogens is 3. The molecule has 2 aliphatic carbocycles. The number of fused-ring (bicyclic) bond motifs is 2. The van der Waals surface area contributed by atoms with Crippen LogP contribution in [-0.2, 0) is 5.41 Å². The van der Waals surface area contributed by atoms with E-state index in [1.807, 2.05) is 0 Å². The molecule has 0 aliphatic heterocycles. The van der Waals surface area contributed by atoms with Gasteiger partial charge in [0, 0.05) is 27.7 Å². The van der Waals surface area contributed by atoms with Crippen molar-refractivity contribution in [2.45, 2.75) is 18.3 Å². The van der Waals surface area contributed by atoms with Gasteiger partial charge in [-0.25, -0.2) is 23.1 Å². The van der Waals surface area contributed by atoms with Crippen molar-refractivity contribution >= 4 is 22.4 Å². The Morgan fingerprint density at radius 1 is 1.19 bits per heavy atom. The molecule has 5 nitrogen and oxygen atoms in total. The Hall–Kier alpha value is -3.29. The van der Waals surface area contributed by atoms with Crippen LogP contribution in [0.4, 0.5) is 24.7 Å². The van der Waals surface area contributed by atoms with Gasteiger partial charge in [0.15, 0.2) is 11.6 Å². The number of pyridine rings is 2. The molecule has 160 valence electrons. The maximum atomic E-state index is 14.9. The number of benzene rings is 1. The van der Waals surface area contributed by atoms with Crippen molar-refractivity contribution in [2.75, 3.05) is 19.1 Å². The van der Waals surface area contributed by atoms with E-state index in [1.54, 1.807) is 12.1 Å². The molecular weight excluding hydrogens is 405 g/mol. The first-order valence-electron chi connectivity index (χ1n) is 10.0. The van der Waals surface area contributed by atoms with E-state index in [0.29, 0.717) is 34.4 Å². The number of ether oxygens (including phenoxy) is 1. The summed E-state index contributed by atoms with van der Waals surface area (Å²) in [5.74, 6) is 0.0180. The second-order valence-electron chi connectivity index (χ2n) is 8.25. The van der Waals surface area contributed by atoms with Gasteiger partial charge in [0.1, 0.15) is 23.8 Å². The highest BCUT2D eigenvalue weighted by atomic mass is 19.1. The Bertz CT molecular complexity index is 1210. The number of nitrogens with zero attached hydrogens (tertiary/aromatic N) is 2. The monoisotopic (exact) mass is 426 g/mol. The van der Waals surface area contributed by atoms with Gasteiger partial charge >= 0.3 is 0 Å². The van der Waals surface area contributed by atoms with Gasteiger partial charge in [-0.05, 0) is 48.9 Å². The number of hydrogen-bond acceptors (Lipinski definition) is 5. The second kappa shape index (κ2) is 7.14. The first-order chi connectivity index (χ1) is 14.9. The average molecular weight is 426 g/mol. The van der Waals surface area contributed by atoms with Crippen LogP contribution in [0.15, 0.2) is 48.4 Å². The van der Waals surface area contributed by atoms with Crippen molar-refractivity contribution in [3.05, 3.63) is 65.6 Å². The van der Waals surface area contributed by atoms with Crippen LogP contribution in [0.1, 0.15) is 18.4 Å². The summed E-state index contributed by atoms with van der Waals surface area (Å²) in [4.78, 5) is 8.35. The molecule has 0 unspecified atom stereocenters. The summed E-state index contributed by atoms with van der Waals surface area (Å²) < 4.78 is 48.6. The summed E-state index contributed by atoms with van der Waals surface area (Å²) >= 11 is 0. The van der Waals surface area contributed by atoms with Gasteiger partial charge in [-0.15, -0.1) is 0 Å². The molecule has 0 bridgehead atoms. The fourth-order valence-electron chi connectivity index (χ4n) is 4.76. The first-order valence-corrected chi connectivity index (χ1v) is 10.0. The van der Waals surface area contributed by atoms with Crippen LogP contribution in [0, 0.1) is 23.5 Å². The smallest absolute Gasteiger partial charge is 0.157 e. The van der Waals surface area contributed by atoms with E-state index in [2.05, 4.69) is 15.3 Å². The quantitative estimate of drug-likeness (QED) is 0.616. The van der Waals surface area contributed by atoms with Gasteiger partial charge in [0.2, 0.25) is 0 Å². The van der Waals surface area contributed by atoms with Gasteiger partial charge in [0.25, 0.3) is 0 Å². The Kier molecular flexibility index (Phi) is 4.53. The highest BCUT2D eigenvalue weighted by Crippen LogP contribution is 2.59. The predicted molar refractivity (Wildman–Crippen MR) is 112 cm³/mol. The van der Waals surface area contributed by atoms with E-state index in [9.17, 15) is 13.2 Å². The Morgan fingerprint density at radius 2 is 2.03 bits per heavy atom. The van der Waals surface area contributed by atoms with Gasteiger partial charge in [-0.1, -0.05) is 6.08 Å². The fourth-order valence-corrected chi connectivity index (χ4v) is 4.76. The summed E-state index contributed by atoms with van der Waals surface area (Å²) in [6, 6.07) is 5.94. The highest BCUT2D eigenvalue weighted by molar-refractivity contribution is 5.90. The van der Waals surface area contributed by atoms with E-state index in [0.717, 1.165) is 19.0 Å². The molecule has 2 heterocycles. The Balaban J connectivity index is 1.57. The molecule has 8 heteroatoms. The SMILES string of the molecule is COc1cnc2c(Nc3ccc(F)c([C@@]4(CF)C=C(N)C[C@@H]5C[C@@H]54)c3)ncc(F)c2c1. The molecule has 3 N–H and O–H groups in total. The number of nitrogens with one attached hydrogen (secondary N) is 1. The molecule has 0 radical (unpaired) electrons. The number of aromatic nitrogens is 2. The van der Waals surface area contributed by atoms with Crippen molar-refractivity contribution in [1.82, 2.24) is 9.97 Å². The molecule has 1 fully saturated rings. The molecule has 31 heavy (non-hydrogen) atoms. The van der Waals surface area contributed by atoms with Crippen molar-refractivity contribution < 1.29 is 17.9 Å². The number of hydrogen-bond donors (Lipinski definition) is 2. The van der Waals surface area contributed by atoms with Gasteiger partial charge in [-0.3, -0.25) is 0 Å². The normalized spacial score (nSPS) is 24.5. The molecule has 1 aromatic carbocycles. The van der Waals surface area contributed by atoms with Gasteiger partial charge < -0.3 is 15.8 Å². The molecule has 2 aromatic heterocycles. The predicted octanol–water partition coefficient (Wildman–Crippen LogP) is 4.75.